The molecule has 0 heterocycles. The van der Waals surface area contributed by atoms with Gasteiger partial charge in [0.2, 0.25) is 5.91 Å². The van der Waals surface area contributed by atoms with E-state index in [4.69, 9.17) is 10.2 Å². The lowest BCUT2D eigenvalue weighted by atomic mass is 10.3. The second kappa shape index (κ2) is 7.60. The van der Waals surface area contributed by atoms with Crippen LogP contribution < -0.4 is 5.32 Å². The van der Waals surface area contributed by atoms with Crippen molar-refractivity contribution in [2.24, 2.45) is 0 Å². The molecular weight excluding hydrogens is 222 g/mol. The zero-order chi connectivity index (χ0) is 12.6. The van der Waals surface area contributed by atoms with Crippen LogP contribution in [0.1, 0.15) is 0 Å². The van der Waals surface area contributed by atoms with Crippen LogP contribution in [0.5, 0.6) is 0 Å². The van der Waals surface area contributed by atoms with Crippen LogP contribution in [-0.4, -0.2) is 61.0 Å². The van der Waals surface area contributed by atoms with E-state index in [9.17, 15) is 14.4 Å². The van der Waals surface area contributed by atoms with Gasteiger partial charge in [0.05, 0.1) is 13.7 Å². The molecule has 0 aliphatic heterocycles. The Morgan fingerprint density at radius 1 is 1.31 bits per heavy atom. The molecule has 0 rings (SSSR count). The molecule has 0 radical (unpaired) electrons. The lowest BCUT2D eigenvalue weighted by Crippen LogP contribution is -2.39. The van der Waals surface area contributed by atoms with Crippen molar-refractivity contribution in [1.82, 2.24) is 5.32 Å². The first-order chi connectivity index (χ1) is 7.47. The maximum absolute atomic E-state index is 10.9. The van der Waals surface area contributed by atoms with E-state index in [1.54, 1.807) is 0 Å². The van der Waals surface area contributed by atoms with Crippen LogP contribution in [0, 0.1) is 0 Å². The fraction of sp³-hybridized carbons (Fsp3) is 0.625. The Kier molecular flexibility index (Phi) is 6.81. The van der Waals surface area contributed by atoms with Crippen molar-refractivity contribution < 1.29 is 34.1 Å². The number of carboxylic acids is 1. The van der Waals surface area contributed by atoms with Gasteiger partial charge < -0.3 is 25.0 Å². The van der Waals surface area contributed by atoms with E-state index in [0.717, 1.165) is 7.11 Å². The molecule has 0 aliphatic carbocycles. The van der Waals surface area contributed by atoms with Crippen LogP contribution in [0.3, 0.4) is 0 Å². The summed E-state index contributed by atoms with van der Waals surface area (Å²) >= 11 is 0. The number of methoxy groups -OCH3 is 1. The highest BCUT2D eigenvalue weighted by molar-refractivity contribution is 5.79. The summed E-state index contributed by atoms with van der Waals surface area (Å²) in [6.07, 6.45) is -1.45. The SMILES string of the molecule is COC(=O)C(O)CNC(=O)COCC(=O)O. The molecule has 0 aliphatic rings. The van der Waals surface area contributed by atoms with E-state index in [0.29, 0.717) is 0 Å². The lowest BCUT2D eigenvalue weighted by Gasteiger charge is -2.09. The number of rotatable bonds is 7. The minimum absolute atomic E-state index is 0.318. The highest BCUT2D eigenvalue weighted by Crippen LogP contribution is 1.85. The molecule has 0 fully saturated rings. The lowest BCUT2D eigenvalue weighted by molar-refractivity contribution is -0.150. The third kappa shape index (κ3) is 6.74. The predicted molar refractivity (Wildman–Crippen MR) is 49.5 cm³/mol. The number of ether oxygens (including phenoxy) is 2. The summed E-state index contributed by atoms with van der Waals surface area (Å²) in [4.78, 5) is 31.7. The zero-order valence-electron chi connectivity index (χ0n) is 8.63. The van der Waals surface area contributed by atoms with Crippen molar-refractivity contribution in [3.63, 3.8) is 0 Å². The molecular formula is C8H13NO7. The fourth-order valence-electron chi connectivity index (χ4n) is 0.712. The minimum atomic E-state index is -1.45. The number of aliphatic hydroxyl groups is 1. The standard InChI is InChI=1S/C8H13NO7/c1-15-8(14)5(10)2-9-6(11)3-16-4-7(12)13/h5,10H,2-4H2,1H3,(H,9,11)(H,12,13). The molecule has 8 nitrogen and oxygen atoms in total. The van der Waals surface area contributed by atoms with Gasteiger partial charge in [0, 0.05) is 0 Å². The van der Waals surface area contributed by atoms with E-state index in [1.807, 2.05) is 0 Å². The zero-order valence-corrected chi connectivity index (χ0v) is 8.63. The maximum atomic E-state index is 10.9. The number of carbonyl (C=O) groups is 3. The summed E-state index contributed by atoms with van der Waals surface area (Å²) in [7, 11) is 1.10. The van der Waals surface area contributed by atoms with Crippen molar-refractivity contribution >= 4 is 17.8 Å². The molecule has 0 saturated carbocycles. The molecule has 1 atom stereocenters. The van der Waals surface area contributed by atoms with Crippen LogP contribution >= 0.6 is 0 Å². The summed E-state index contributed by atoms with van der Waals surface area (Å²) in [6.45, 7) is -1.37. The highest BCUT2D eigenvalue weighted by Gasteiger charge is 2.16. The minimum Gasteiger partial charge on any atom is -0.480 e. The Morgan fingerprint density at radius 2 is 1.94 bits per heavy atom. The van der Waals surface area contributed by atoms with Crippen LogP contribution in [0.25, 0.3) is 0 Å². The predicted octanol–water partition coefficient (Wildman–Crippen LogP) is -2.26. The quantitative estimate of drug-likeness (QED) is 0.425. The number of hydrogen-bond acceptors (Lipinski definition) is 6. The van der Waals surface area contributed by atoms with E-state index in [2.05, 4.69) is 14.8 Å². The van der Waals surface area contributed by atoms with Crippen LogP contribution in [0.15, 0.2) is 0 Å². The van der Waals surface area contributed by atoms with Crippen molar-refractivity contribution in [3.05, 3.63) is 0 Å². The molecule has 16 heavy (non-hydrogen) atoms. The number of esters is 1. The smallest absolute Gasteiger partial charge is 0.336 e. The molecule has 0 saturated heterocycles. The molecule has 1 amide bonds. The Morgan fingerprint density at radius 3 is 2.44 bits per heavy atom. The highest BCUT2D eigenvalue weighted by atomic mass is 16.5. The molecule has 0 aromatic rings. The van der Waals surface area contributed by atoms with Gasteiger partial charge in [-0.05, 0) is 0 Å². The molecule has 8 heteroatoms. The number of hydrogen-bond donors (Lipinski definition) is 3. The van der Waals surface area contributed by atoms with E-state index in [-0.39, 0.29) is 6.54 Å². The first-order valence-electron chi connectivity index (χ1n) is 4.29. The van der Waals surface area contributed by atoms with Crippen LogP contribution in [0.2, 0.25) is 0 Å². The molecule has 0 bridgehead atoms. The maximum Gasteiger partial charge on any atom is 0.336 e. The molecule has 1 unspecified atom stereocenters. The average molecular weight is 235 g/mol. The first-order valence-corrected chi connectivity index (χ1v) is 4.29. The van der Waals surface area contributed by atoms with Crippen molar-refractivity contribution in [1.29, 1.82) is 0 Å². The Balaban J connectivity index is 3.65. The third-order valence-corrected chi connectivity index (χ3v) is 1.42. The fourth-order valence-corrected chi connectivity index (χ4v) is 0.712. The van der Waals surface area contributed by atoms with E-state index in [1.165, 1.54) is 0 Å². The average Bonchev–Trinajstić information content (AvgIpc) is 2.24. The number of carbonyl (C=O) groups excluding carboxylic acids is 2. The topological polar surface area (TPSA) is 122 Å². The van der Waals surface area contributed by atoms with Gasteiger partial charge in [-0.25, -0.2) is 9.59 Å². The monoisotopic (exact) mass is 235 g/mol. The summed E-state index contributed by atoms with van der Waals surface area (Å²) in [6, 6.07) is 0. The Labute approximate surface area is 91.1 Å². The number of carboxylic acid groups (broad SMARTS) is 1. The second-order valence-electron chi connectivity index (χ2n) is 2.73. The van der Waals surface area contributed by atoms with Gasteiger partial charge in [0.15, 0.2) is 6.10 Å². The largest absolute Gasteiger partial charge is 0.480 e. The molecule has 0 spiro atoms. The van der Waals surface area contributed by atoms with Gasteiger partial charge in [-0.3, -0.25) is 4.79 Å². The van der Waals surface area contributed by atoms with Crippen molar-refractivity contribution in [2.45, 2.75) is 6.10 Å². The summed E-state index contributed by atoms with van der Waals surface area (Å²) < 4.78 is 8.67. The Bertz CT molecular complexity index is 265. The number of nitrogens with one attached hydrogen (secondary N) is 1. The molecule has 3 N–H and O–H groups in total. The van der Waals surface area contributed by atoms with E-state index < -0.39 is 37.2 Å². The number of aliphatic carboxylic acids is 1. The van der Waals surface area contributed by atoms with Crippen molar-refractivity contribution in [3.8, 4) is 0 Å². The summed E-state index contributed by atoms with van der Waals surface area (Å²) in [5.41, 5.74) is 0. The second-order valence-corrected chi connectivity index (χ2v) is 2.73. The molecule has 92 valence electrons. The van der Waals surface area contributed by atoms with Gasteiger partial charge in [0.25, 0.3) is 0 Å². The normalized spacial score (nSPS) is 11.6. The van der Waals surface area contributed by atoms with Gasteiger partial charge >= 0.3 is 11.9 Å². The van der Waals surface area contributed by atoms with Gasteiger partial charge in [-0.1, -0.05) is 0 Å². The van der Waals surface area contributed by atoms with Crippen LogP contribution in [-0.2, 0) is 23.9 Å². The molecule has 0 aromatic carbocycles. The van der Waals surface area contributed by atoms with Gasteiger partial charge in [-0.2, -0.15) is 0 Å². The van der Waals surface area contributed by atoms with Gasteiger partial charge in [0.1, 0.15) is 13.2 Å². The Hall–Kier alpha value is -1.67. The van der Waals surface area contributed by atoms with Crippen LogP contribution in [0.4, 0.5) is 0 Å². The van der Waals surface area contributed by atoms with Gasteiger partial charge in [-0.15, -0.1) is 0 Å². The third-order valence-electron chi connectivity index (χ3n) is 1.42. The van der Waals surface area contributed by atoms with Crippen molar-refractivity contribution in [2.75, 3.05) is 26.9 Å². The van der Waals surface area contributed by atoms with E-state index >= 15 is 0 Å². The molecule has 0 aromatic heterocycles. The summed E-state index contributed by atoms with van der Waals surface area (Å²) in [5, 5.41) is 19.4. The first kappa shape index (κ1) is 14.3. The number of aliphatic hydroxyl groups excluding tert-OH is 1. The number of amides is 1. The summed E-state index contributed by atoms with van der Waals surface area (Å²) in [5.74, 6) is -2.70.